The predicted molar refractivity (Wildman–Crippen MR) is 146 cm³/mol. The number of imidazole rings is 1. The Kier molecular flexibility index (Phi) is 6.49. The number of hydrogen-bond acceptors (Lipinski definition) is 6. The lowest BCUT2D eigenvalue weighted by molar-refractivity contribution is 0.0686. The summed E-state index contributed by atoms with van der Waals surface area (Å²) < 4.78 is 0. The van der Waals surface area contributed by atoms with Gasteiger partial charge < -0.3 is 15.2 Å². The van der Waals surface area contributed by atoms with E-state index in [0.29, 0.717) is 17.2 Å². The van der Waals surface area contributed by atoms with E-state index < -0.39 is 11.9 Å². The van der Waals surface area contributed by atoms with Crippen LogP contribution < -0.4 is 0 Å². The number of carbonyl (C=O) groups is 2. The molecule has 9 nitrogen and oxygen atoms in total. The maximum atomic E-state index is 11.9. The Bertz CT molecular complexity index is 1700. The van der Waals surface area contributed by atoms with Gasteiger partial charge in [-0.3, -0.25) is 9.97 Å². The number of nitrogens with one attached hydrogen (secondary N) is 1. The lowest BCUT2D eigenvalue weighted by Crippen LogP contribution is -2.10. The van der Waals surface area contributed by atoms with Crippen molar-refractivity contribution in [3.63, 3.8) is 0 Å². The van der Waals surface area contributed by atoms with Crippen LogP contribution in [-0.2, 0) is 5.41 Å². The second-order valence-electron chi connectivity index (χ2n) is 10.1. The summed E-state index contributed by atoms with van der Waals surface area (Å²) in [6.07, 6.45) is 4.71. The second kappa shape index (κ2) is 9.94. The number of carboxylic acids is 2. The Hall–Kier alpha value is -5.18. The average Bonchev–Trinajstić information content (AvgIpc) is 3.43. The molecule has 0 amide bonds. The van der Waals surface area contributed by atoms with Crippen LogP contribution in [0.25, 0.3) is 45.4 Å². The van der Waals surface area contributed by atoms with E-state index in [0.717, 1.165) is 16.8 Å². The molecule has 0 bridgehead atoms. The van der Waals surface area contributed by atoms with Gasteiger partial charge in [-0.2, -0.15) is 0 Å². The van der Waals surface area contributed by atoms with Crippen molar-refractivity contribution in [3.05, 3.63) is 95.9 Å². The van der Waals surface area contributed by atoms with Crippen molar-refractivity contribution in [2.24, 2.45) is 0 Å². The molecule has 0 radical (unpaired) electrons. The molecule has 0 spiro atoms. The highest BCUT2D eigenvalue weighted by Crippen LogP contribution is 2.29. The number of carboxylic acid groups (broad SMARTS) is 2. The van der Waals surface area contributed by atoms with Gasteiger partial charge in [0.2, 0.25) is 0 Å². The van der Waals surface area contributed by atoms with Crippen molar-refractivity contribution in [2.45, 2.75) is 26.2 Å². The predicted octanol–water partition coefficient (Wildman–Crippen LogP) is 5.96. The van der Waals surface area contributed by atoms with Gasteiger partial charge in [0.05, 0.1) is 45.8 Å². The van der Waals surface area contributed by atoms with Crippen LogP contribution in [0, 0.1) is 0 Å². The molecule has 4 heterocycles. The molecule has 4 aromatic heterocycles. The molecule has 9 heteroatoms. The third-order valence-corrected chi connectivity index (χ3v) is 6.28. The van der Waals surface area contributed by atoms with Gasteiger partial charge in [0.15, 0.2) is 0 Å². The molecule has 0 aliphatic rings. The van der Waals surface area contributed by atoms with E-state index in [2.05, 4.69) is 70.0 Å². The molecule has 0 fully saturated rings. The molecule has 5 aromatic rings. The Morgan fingerprint density at radius 2 is 1.28 bits per heavy atom. The number of benzene rings is 1. The van der Waals surface area contributed by atoms with Crippen LogP contribution in [0.15, 0.2) is 79.3 Å². The fourth-order valence-electron chi connectivity index (χ4n) is 4.10. The zero-order chi connectivity index (χ0) is 27.7. The molecule has 0 aliphatic carbocycles. The van der Waals surface area contributed by atoms with E-state index in [9.17, 15) is 19.8 Å². The number of nitrogens with zero attached hydrogens (tertiary/aromatic N) is 4. The van der Waals surface area contributed by atoms with Gasteiger partial charge in [-0.25, -0.2) is 19.6 Å². The third kappa shape index (κ3) is 5.42. The highest BCUT2D eigenvalue weighted by Gasteiger charge is 2.16. The topological polar surface area (TPSA) is 142 Å². The van der Waals surface area contributed by atoms with Crippen LogP contribution in [0.1, 0.15) is 47.1 Å². The van der Waals surface area contributed by atoms with Crippen LogP contribution in [0.3, 0.4) is 0 Å². The SMILES string of the molecule is CC(C)(C)c1ccc(-c2cnc(-c3ccnc(-c4cc(C(=O)O)cc(-c5cc(C(=O)O)ccn5)n4)c3)[nH]2)cc1. The number of aromatic carboxylic acids is 2. The average molecular weight is 520 g/mol. The summed E-state index contributed by atoms with van der Waals surface area (Å²) in [5, 5.41) is 19.0. The summed E-state index contributed by atoms with van der Waals surface area (Å²) in [5.74, 6) is -1.65. The largest absolute Gasteiger partial charge is 0.478 e. The van der Waals surface area contributed by atoms with E-state index in [1.165, 1.54) is 36.0 Å². The molecule has 0 atom stereocenters. The Labute approximate surface area is 224 Å². The molecule has 1 aromatic carbocycles. The first-order chi connectivity index (χ1) is 18.6. The normalized spacial score (nSPS) is 11.4. The second-order valence-corrected chi connectivity index (χ2v) is 10.1. The van der Waals surface area contributed by atoms with Crippen LogP contribution >= 0.6 is 0 Å². The van der Waals surface area contributed by atoms with E-state index in [1.54, 1.807) is 24.5 Å². The third-order valence-electron chi connectivity index (χ3n) is 6.28. The number of aromatic nitrogens is 5. The first-order valence-electron chi connectivity index (χ1n) is 12.2. The summed E-state index contributed by atoms with van der Waals surface area (Å²) >= 11 is 0. The molecular weight excluding hydrogens is 494 g/mol. The van der Waals surface area contributed by atoms with E-state index in [4.69, 9.17) is 0 Å². The summed E-state index contributed by atoms with van der Waals surface area (Å²) in [6, 6.07) is 17.4. The van der Waals surface area contributed by atoms with Gasteiger partial charge in [0.1, 0.15) is 5.82 Å². The van der Waals surface area contributed by atoms with Crippen molar-refractivity contribution in [1.29, 1.82) is 0 Å². The first kappa shape index (κ1) is 25.5. The van der Waals surface area contributed by atoms with Crippen LogP contribution in [0.2, 0.25) is 0 Å². The smallest absolute Gasteiger partial charge is 0.335 e. The van der Waals surface area contributed by atoms with Crippen LogP contribution in [0.4, 0.5) is 0 Å². The molecule has 39 heavy (non-hydrogen) atoms. The van der Waals surface area contributed by atoms with Gasteiger partial charge in [0, 0.05) is 18.0 Å². The minimum atomic E-state index is -1.15. The zero-order valence-corrected chi connectivity index (χ0v) is 21.5. The lowest BCUT2D eigenvalue weighted by atomic mass is 9.86. The molecule has 3 N–H and O–H groups in total. The summed E-state index contributed by atoms with van der Waals surface area (Å²) in [7, 11) is 0. The molecule has 0 saturated carbocycles. The summed E-state index contributed by atoms with van der Waals surface area (Å²) in [6.45, 7) is 6.51. The monoisotopic (exact) mass is 519 g/mol. The molecule has 0 aliphatic heterocycles. The Morgan fingerprint density at radius 1 is 0.692 bits per heavy atom. The van der Waals surface area contributed by atoms with Gasteiger partial charge >= 0.3 is 11.9 Å². The molecule has 5 rings (SSSR count). The Morgan fingerprint density at radius 3 is 1.90 bits per heavy atom. The summed E-state index contributed by atoms with van der Waals surface area (Å²) in [5.41, 5.74) is 5.10. The quantitative estimate of drug-likeness (QED) is 0.250. The lowest BCUT2D eigenvalue weighted by Gasteiger charge is -2.18. The maximum absolute atomic E-state index is 11.9. The van der Waals surface area contributed by atoms with Gasteiger partial charge in [-0.1, -0.05) is 45.0 Å². The Balaban J connectivity index is 1.50. The number of aromatic amines is 1. The molecule has 0 unspecified atom stereocenters. The van der Waals surface area contributed by atoms with Gasteiger partial charge in [0.25, 0.3) is 0 Å². The van der Waals surface area contributed by atoms with Crippen molar-refractivity contribution >= 4 is 11.9 Å². The molecule has 194 valence electrons. The van der Waals surface area contributed by atoms with E-state index in [-0.39, 0.29) is 27.9 Å². The van der Waals surface area contributed by atoms with Crippen LogP contribution in [-0.4, -0.2) is 47.1 Å². The van der Waals surface area contributed by atoms with Gasteiger partial charge in [-0.15, -0.1) is 0 Å². The zero-order valence-electron chi connectivity index (χ0n) is 21.5. The van der Waals surface area contributed by atoms with E-state index in [1.807, 2.05) is 0 Å². The highest BCUT2D eigenvalue weighted by atomic mass is 16.4. The van der Waals surface area contributed by atoms with Crippen LogP contribution in [0.5, 0.6) is 0 Å². The van der Waals surface area contributed by atoms with Crippen molar-refractivity contribution < 1.29 is 19.8 Å². The van der Waals surface area contributed by atoms with Crippen molar-refractivity contribution in [2.75, 3.05) is 0 Å². The minimum absolute atomic E-state index is 0.0193. The standard InChI is InChI=1S/C30H25N5O4/c1-30(2,3)21-6-4-17(5-7-21)26-16-33-27(35-26)18-8-10-31-22(12-18)24-14-20(29(38)39)15-25(34-24)23-13-19(28(36)37)9-11-32-23/h4-16H,1-3H3,(H,33,35)(H,36,37)(H,38,39). The van der Waals surface area contributed by atoms with Crippen molar-refractivity contribution in [1.82, 2.24) is 24.9 Å². The van der Waals surface area contributed by atoms with Gasteiger partial charge in [-0.05, 0) is 52.9 Å². The van der Waals surface area contributed by atoms with E-state index >= 15 is 0 Å². The number of H-pyrrole nitrogens is 1. The maximum Gasteiger partial charge on any atom is 0.335 e. The number of rotatable bonds is 6. The number of hydrogen-bond donors (Lipinski definition) is 3. The number of pyridine rings is 3. The molecule has 0 saturated heterocycles. The minimum Gasteiger partial charge on any atom is -0.478 e. The molecular formula is C30H25N5O4. The summed E-state index contributed by atoms with van der Waals surface area (Å²) in [4.78, 5) is 44.3. The fourth-order valence-corrected chi connectivity index (χ4v) is 4.10. The fraction of sp³-hybridized carbons (Fsp3) is 0.133. The van der Waals surface area contributed by atoms with Crippen molar-refractivity contribution in [3.8, 4) is 45.4 Å². The highest BCUT2D eigenvalue weighted by molar-refractivity contribution is 5.91. The first-order valence-corrected chi connectivity index (χ1v) is 12.2.